The van der Waals surface area contributed by atoms with Gasteiger partial charge in [-0.25, -0.2) is 0 Å². The van der Waals surface area contributed by atoms with Crippen molar-refractivity contribution < 1.29 is 18.3 Å². The Hall–Kier alpha value is -0.0100. The third-order valence-electron chi connectivity index (χ3n) is 1.94. The topological polar surface area (TPSA) is 32.3 Å². The summed E-state index contributed by atoms with van der Waals surface area (Å²) in [6, 6.07) is 2.31. The van der Waals surface area contributed by atoms with E-state index in [2.05, 4.69) is 5.32 Å². The van der Waals surface area contributed by atoms with Crippen molar-refractivity contribution in [1.29, 1.82) is 0 Å². The van der Waals surface area contributed by atoms with Gasteiger partial charge in [-0.1, -0.05) is 23.2 Å². The second-order valence-electron chi connectivity index (χ2n) is 3.50. The third-order valence-corrected chi connectivity index (χ3v) is 3.60. The maximum absolute atomic E-state index is 12.2. The molecule has 9 heteroatoms. The van der Waals surface area contributed by atoms with Crippen molar-refractivity contribution in [3.05, 3.63) is 22.2 Å². The second-order valence-corrected chi connectivity index (χ2v) is 5.76. The van der Waals surface area contributed by atoms with Gasteiger partial charge in [0.2, 0.25) is 0 Å². The van der Waals surface area contributed by atoms with E-state index in [0.717, 1.165) is 12.1 Å². The Morgan fingerprint density at radius 1 is 1.26 bits per heavy atom. The van der Waals surface area contributed by atoms with Crippen LogP contribution in [0, 0.1) is 0 Å². The molecule has 1 aromatic rings. The van der Waals surface area contributed by atoms with Gasteiger partial charge in [0.25, 0.3) is 0 Å². The molecule has 0 aliphatic carbocycles. The van der Waals surface area contributed by atoms with Crippen molar-refractivity contribution in [1.82, 2.24) is 0 Å². The zero-order valence-corrected chi connectivity index (χ0v) is 12.4. The van der Waals surface area contributed by atoms with E-state index >= 15 is 0 Å². The first kappa shape index (κ1) is 17.0. The zero-order valence-electron chi connectivity index (χ0n) is 9.27. The minimum atomic E-state index is -4.41. The molecule has 0 heterocycles. The molecule has 0 bridgehead atoms. The number of nitrogens with one attached hydrogen (secondary N) is 1. The molecule has 0 radical (unpaired) electrons. The smallest absolute Gasteiger partial charge is 0.390 e. The molecule has 0 spiro atoms. The van der Waals surface area contributed by atoms with E-state index in [0.29, 0.717) is 0 Å². The predicted molar refractivity (Wildman–Crippen MR) is 73.6 cm³/mol. The van der Waals surface area contributed by atoms with Crippen LogP contribution >= 0.6 is 46.6 Å². The van der Waals surface area contributed by atoms with Crippen molar-refractivity contribution >= 4 is 52.3 Å². The lowest BCUT2D eigenvalue weighted by molar-refractivity contribution is -0.0328. The van der Waals surface area contributed by atoms with Crippen LogP contribution in [0.4, 0.5) is 18.9 Å². The minimum absolute atomic E-state index is 0.0181. The Morgan fingerprint density at radius 3 is 2.21 bits per heavy atom. The Balaban J connectivity index is 2.85. The first-order chi connectivity index (χ1) is 8.73. The highest BCUT2D eigenvalue weighted by molar-refractivity contribution is 8.00. The maximum Gasteiger partial charge on any atom is 0.446 e. The summed E-state index contributed by atoms with van der Waals surface area (Å²) in [5.74, 6) is 0.0181. The molecular weight excluding hydrogens is 346 g/mol. The molecule has 1 unspecified atom stereocenters. The lowest BCUT2D eigenvalue weighted by atomic mass is 10.3. The van der Waals surface area contributed by atoms with Gasteiger partial charge >= 0.3 is 5.51 Å². The third kappa shape index (κ3) is 5.87. The number of rotatable bonds is 5. The molecule has 19 heavy (non-hydrogen) atoms. The van der Waals surface area contributed by atoms with E-state index in [1.807, 2.05) is 0 Å². The molecule has 0 amide bonds. The highest BCUT2D eigenvalue weighted by atomic mass is 35.5. The van der Waals surface area contributed by atoms with E-state index in [1.54, 1.807) is 0 Å². The Bertz CT molecular complexity index is 422. The average molecular weight is 355 g/mol. The number of hydrogen-bond acceptors (Lipinski definition) is 3. The standard InChI is InChI=1S/C10H9Cl3F3NOS/c11-3-5(18)4-17-9-7(12)1-6(2-8(9)13)19-10(14,15)16/h1-2,5,17-18H,3-4H2. The number of aliphatic hydroxyl groups excluding tert-OH is 1. The van der Waals surface area contributed by atoms with Gasteiger partial charge in [-0.2, -0.15) is 13.2 Å². The van der Waals surface area contributed by atoms with E-state index in [-0.39, 0.29) is 44.8 Å². The van der Waals surface area contributed by atoms with Gasteiger partial charge in [-0.15, -0.1) is 11.6 Å². The zero-order chi connectivity index (χ0) is 14.6. The summed E-state index contributed by atoms with van der Waals surface area (Å²) >= 11 is 16.8. The van der Waals surface area contributed by atoms with Gasteiger partial charge in [0, 0.05) is 11.4 Å². The van der Waals surface area contributed by atoms with Crippen LogP contribution in [0.5, 0.6) is 0 Å². The Kier molecular flexibility index (Phi) is 6.39. The molecule has 1 aromatic carbocycles. The predicted octanol–water partition coefficient (Wildman–Crippen LogP) is 4.62. The summed E-state index contributed by atoms with van der Waals surface area (Å²) in [6.45, 7) is 0.0920. The fraction of sp³-hybridized carbons (Fsp3) is 0.400. The van der Waals surface area contributed by atoms with Crippen LogP contribution in [0.3, 0.4) is 0 Å². The van der Waals surface area contributed by atoms with Crippen LogP contribution in [0.2, 0.25) is 10.0 Å². The number of halogens is 6. The number of thioether (sulfide) groups is 1. The summed E-state index contributed by atoms with van der Waals surface area (Å²) in [5.41, 5.74) is -4.14. The van der Waals surface area contributed by atoms with E-state index in [9.17, 15) is 18.3 Å². The lowest BCUT2D eigenvalue weighted by Crippen LogP contribution is -2.21. The fourth-order valence-corrected chi connectivity index (χ4v) is 2.67. The van der Waals surface area contributed by atoms with Gasteiger partial charge in [0.15, 0.2) is 0 Å². The molecule has 0 aliphatic heterocycles. The lowest BCUT2D eigenvalue weighted by Gasteiger charge is -2.14. The molecular formula is C10H9Cl3F3NOS. The van der Waals surface area contributed by atoms with E-state index in [1.165, 1.54) is 0 Å². The molecule has 0 saturated carbocycles. The largest absolute Gasteiger partial charge is 0.446 e. The average Bonchev–Trinajstić information content (AvgIpc) is 2.25. The summed E-state index contributed by atoms with van der Waals surface area (Å²) in [7, 11) is 0. The fourth-order valence-electron chi connectivity index (χ4n) is 1.19. The van der Waals surface area contributed by atoms with Crippen LogP contribution in [-0.4, -0.2) is 29.1 Å². The molecule has 1 atom stereocenters. The highest BCUT2D eigenvalue weighted by Gasteiger charge is 2.29. The maximum atomic E-state index is 12.2. The van der Waals surface area contributed by atoms with Gasteiger partial charge in [0.05, 0.1) is 27.7 Å². The van der Waals surface area contributed by atoms with Crippen molar-refractivity contribution in [2.24, 2.45) is 0 Å². The first-order valence-corrected chi connectivity index (χ1v) is 7.06. The molecule has 0 aromatic heterocycles. The number of aliphatic hydroxyl groups is 1. The number of benzene rings is 1. The van der Waals surface area contributed by atoms with Gasteiger partial charge < -0.3 is 10.4 Å². The quantitative estimate of drug-likeness (QED) is 0.598. The van der Waals surface area contributed by atoms with Crippen LogP contribution in [0.1, 0.15) is 0 Å². The van der Waals surface area contributed by atoms with Crippen molar-refractivity contribution in [2.75, 3.05) is 17.7 Å². The van der Waals surface area contributed by atoms with Gasteiger partial charge in [-0.3, -0.25) is 0 Å². The van der Waals surface area contributed by atoms with Crippen LogP contribution in [-0.2, 0) is 0 Å². The SMILES string of the molecule is OC(CCl)CNc1c(Cl)cc(SC(F)(F)F)cc1Cl. The summed E-state index contributed by atoms with van der Waals surface area (Å²) < 4.78 is 36.7. The van der Waals surface area contributed by atoms with Gasteiger partial charge in [0.1, 0.15) is 0 Å². The second kappa shape index (κ2) is 7.13. The molecule has 1 rings (SSSR count). The van der Waals surface area contributed by atoms with Crippen LogP contribution in [0.15, 0.2) is 17.0 Å². The molecule has 0 aliphatic rings. The minimum Gasteiger partial charge on any atom is -0.390 e. The monoisotopic (exact) mass is 353 g/mol. The molecule has 0 saturated heterocycles. The van der Waals surface area contributed by atoms with Gasteiger partial charge in [-0.05, 0) is 23.9 Å². The Labute approximate surface area is 127 Å². The first-order valence-electron chi connectivity index (χ1n) is 4.95. The number of alkyl halides is 4. The summed E-state index contributed by atoms with van der Waals surface area (Å²) in [4.78, 5) is -0.106. The molecule has 0 fully saturated rings. The van der Waals surface area contributed by atoms with Crippen molar-refractivity contribution in [3.63, 3.8) is 0 Å². The van der Waals surface area contributed by atoms with E-state index < -0.39 is 11.6 Å². The number of anilines is 1. The highest BCUT2D eigenvalue weighted by Crippen LogP contribution is 2.41. The molecule has 2 nitrogen and oxygen atoms in total. The van der Waals surface area contributed by atoms with Crippen LogP contribution < -0.4 is 5.32 Å². The van der Waals surface area contributed by atoms with Crippen molar-refractivity contribution in [2.45, 2.75) is 16.5 Å². The molecule has 108 valence electrons. The molecule has 2 N–H and O–H groups in total. The van der Waals surface area contributed by atoms with Crippen molar-refractivity contribution in [3.8, 4) is 0 Å². The number of hydrogen-bond donors (Lipinski definition) is 2. The van der Waals surface area contributed by atoms with E-state index in [4.69, 9.17) is 34.8 Å². The summed E-state index contributed by atoms with van der Waals surface area (Å²) in [6.07, 6.45) is -0.807. The van der Waals surface area contributed by atoms with Crippen LogP contribution in [0.25, 0.3) is 0 Å². The summed E-state index contributed by atoms with van der Waals surface area (Å²) in [5, 5.41) is 12.1. The normalized spacial score (nSPS) is 13.4. The Morgan fingerprint density at radius 2 is 1.79 bits per heavy atom.